The maximum absolute atomic E-state index is 13.8. The number of rotatable bonds is 7. The number of aryl methyl sites for hydroxylation is 2. The first kappa shape index (κ1) is 28.6. The molecule has 0 saturated carbocycles. The van der Waals surface area contributed by atoms with Gasteiger partial charge in [0.25, 0.3) is 5.69 Å². The first-order valence-electron chi connectivity index (χ1n) is 14.6. The third-order valence-electron chi connectivity index (χ3n) is 9.13. The Hall–Kier alpha value is -4.56. The van der Waals surface area contributed by atoms with E-state index in [1.165, 1.54) is 18.2 Å². The molecule has 0 bridgehead atoms. The minimum absolute atomic E-state index is 0.160. The van der Waals surface area contributed by atoms with Crippen LogP contribution in [0.4, 0.5) is 11.4 Å². The lowest BCUT2D eigenvalue weighted by Crippen LogP contribution is -2.34. The van der Waals surface area contributed by atoms with Gasteiger partial charge in [-0.25, -0.2) is 4.90 Å². The Kier molecular flexibility index (Phi) is 7.48. The lowest BCUT2D eigenvalue weighted by molar-refractivity contribution is -0.384. The fourth-order valence-corrected chi connectivity index (χ4v) is 7.14. The quantitative estimate of drug-likeness (QED) is 0.109. The Morgan fingerprint density at radius 2 is 1.72 bits per heavy atom. The summed E-state index contributed by atoms with van der Waals surface area (Å²) in [6, 6.07) is 19.9. The van der Waals surface area contributed by atoms with E-state index in [1.54, 1.807) is 6.07 Å². The van der Waals surface area contributed by atoms with Crippen LogP contribution in [0, 0.1) is 41.7 Å². The van der Waals surface area contributed by atoms with Crippen molar-refractivity contribution in [1.82, 2.24) is 0 Å². The van der Waals surface area contributed by atoms with Gasteiger partial charge >= 0.3 is 0 Å². The molecule has 220 valence electrons. The fourth-order valence-electron chi connectivity index (χ4n) is 7.14. The summed E-state index contributed by atoms with van der Waals surface area (Å²) in [5.41, 5.74) is 7.22. The summed E-state index contributed by atoms with van der Waals surface area (Å²) in [7, 11) is 0. The third-order valence-corrected chi connectivity index (χ3v) is 9.13. The number of benzene rings is 3. The molecule has 0 spiro atoms. The van der Waals surface area contributed by atoms with E-state index in [-0.39, 0.29) is 35.2 Å². The molecular formula is C35H34N2O6. The largest absolute Gasteiger partial charge is 0.507 e. The first-order chi connectivity index (χ1) is 20.6. The normalized spacial score (nSPS) is 23.5. The second-order valence-corrected chi connectivity index (χ2v) is 11.9. The fraction of sp³-hybridized carbons (Fsp3) is 0.314. The van der Waals surface area contributed by atoms with Gasteiger partial charge in [-0.15, -0.1) is 0 Å². The van der Waals surface area contributed by atoms with Crippen LogP contribution in [-0.2, 0) is 14.3 Å². The molecule has 2 aliphatic heterocycles. The summed E-state index contributed by atoms with van der Waals surface area (Å²) in [6.07, 6.45) is 3.91. The molecule has 2 heterocycles. The number of phenols is 1. The van der Waals surface area contributed by atoms with Crippen molar-refractivity contribution in [3.63, 3.8) is 0 Å². The zero-order valence-corrected chi connectivity index (χ0v) is 24.4. The van der Waals surface area contributed by atoms with Crippen molar-refractivity contribution in [2.75, 3.05) is 11.5 Å². The molecular weight excluding hydrogens is 544 g/mol. The van der Waals surface area contributed by atoms with Crippen molar-refractivity contribution in [3.05, 3.63) is 110 Å². The summed E-state index contributed by atoms with van der Waals surface area (Å²) < 4.78 is 6.35. The van der Waals surface area contributed by atoms with E-state index < -0.39 is 16.8 Å². The molecule has 43 heavy (non-hydrogen) atoms. The highest BCUT2D eigenvalue weighted by atomic mass is 16.6. The van der Waals surface area contributed by atoms with Gasteiger partial charge in [0.05, 0.1) is 35.2 Å². The second-order valence-electron chi connectivity index (χ2n) is 11.9. The zero-order chi connectivity index (χ0) is 30.4. The third kappa shape index (κ3) is 5.16. The summed E-state index contributed by atoms with van der Waals surface area (Å²) in [5.74, 6) is -1.53. The number of anilines is 1. The lowest BCUT2D eigenvalue weighted by atomic mass is 9.70. The van der Waals surface area contributed by atoms with E-state index >= 15 is 0 Å². The second kappa shape index (κ2) is 11.3. The maximum atomic E-state index is 13.8. The molecule has 0 radical (unpaired) electrons. The SMILES string of the molecule is CC1=C2[C@@H](CC/C(=C/c3cc(C)c(O)c(C)c3)c3ccccc3)OC[C@@H]2[C@@H]2C(=O)N(c3cccc([N+](=O)[O-])c3)C(=O)[C@@H]2C1. The number of imide groups is 1. The molecule has 6 rings (SSSR count). The van der Waals surface area contributed by atoms with E-state index in [0.717, 1.165) is 50.3 Å². The van der Waals surface area contributed by atoms with Gasteiger partial charge in [0.1, 0.15) is 5.75 Å². The minimum Gasteiger partial charge on any atom is -0.507 e. The number of non-ortho nitro benzene ring substituents is 1. The van der Waals surface area contributed by atoms with Crippen molar-refractivity contribution in [2.45, 2.75) is 46.1 Å². The highest BCUT2D eigenvalue weighted by molar-refractivity contribution is 6.22. The van der Waals surface area contributed by atoms with Gasteiger partial charge in [0.2, 0.25) is 11.8 Å². The Morgan fingerprint density at radius 1 is 1.00 bits per heavy atom. The van der Waals surface area contributed by atoms with Crippen molar-refractivity contribution < 1.29 is 24.4 Å². The number of carbonyl (C=O) groups excluding carboxylic acids is 2. The summed E-state index contributed by atoms with van der Waals surface area (Å²) in [5, 5.41) is 21.6. The number of nitro groups is 1. The standard InChI is InChI=1S/C35H34N2O6/c1-20-16-28-32(35(40)36(34(28)39)26-10-7-11-27(18-26)37(41)42)29-19-43-30(31(20)29)13-12-25(24-8-5-4-6-9-24)17-23-14-21(2)33(38)22(3)15-23/h4-11,14-15,17-18,28-30,32,38H,12-13,16,19H2,1-3H3/b25-17-/t28-,29+,30-,32-/m1/s1. The average molecular weight is 579 g/mol. The van der Waals surface area contributed by atoms with Crippen LogP contribution in [0.1, 0.15) is 48.4 Å². The molecule has 8 nitrogen and oxygen atoms in total. The van der Waals surface area contributed by atoms with Crippen molar-refractivity contribution >= 4 is 34.8 Å². The molecule has 1 aliphatic carbocycles. The Bertz CT molecular complexity index is 1670. The van der Waals surface area contributed by atoms with Crippen molar-refractivity contribution in [3.8, 4) is 5.75 Å². The van der Waals surface area contributed by atoms with E-state index in [4.69, 9.17) is 4.74 Å². The number of nitro benzene ring substituents is 1. The molecule has 2 saturated heterocycles. The highest BCUT2D eigenvalue weighted by Crippen LogP contribution is 2.50. The average Bonchev–Trinajstić information content (AvgIpc) is 3.52. The number of hydrogen-bond acceptors (Lipinski definition) is 6. The van der Waals surface area contributed by atoms with Crippen LogP contribution in [0.15, 0.2) is 77.9 Å². The maximum Gasteiger partial charge on any atom is 0.271 e. The van der Waals surface area contributed by atoms with Gasteiger partial charge in [-0.1, -0.05) is 48.0 Å². The van der Waals surface area contributed by atoms with Crippen molar-refractivity contribution in [2.24, 2.45) is 17.8 Å². The van der Waals surface area contributed by atoms with Gasteiger partial charge in [-0.3, -0.25) is 19.7 Å². The first-order valence-corrected chi connectivity index (χ1v) is 14.6. The van der Waals surface area contributed by atoms with Crippen LogP contribution in [0.5, 0.6) is 5.75 Å². The van der Waals surface area contributed by atoms with Crippen LogP contribution in [0.25, 0.3) is 11.6 Å². The number of hydrogen-bond donors (Lipinski definition) is 1. The summed E-state index contributed by atoms with van der Waals surface area (Å²) in [4.78, 5) is 39.2. The van der Waals surface area contributed by atoms with E-state index in [2.05, 4.69) is 18.2 Å². The molecule has 3 aliphatic rings. The monoisotopic (exact) mass is 578 g/mol. The van der Waals surface area contributed by atoms with E-state index in [1.807, 2.05) is 51.1 Å². The topological polar surface area (TPSA) is 110 Å². The van der Waals surface area contributed by atoms with Crippen LogP contribution in [0.2, 0.25) is 0 Å². The zero-order valence-electron chi connectivity index (χ0n) is 24.4. The smallest absolute Gasteiger partial charge is 0.271 e. The number of carbonyl (C=O) groups is 2. The van der Waals surface area contributed by atoms with Gasteiger partial charge in [-0.05, 0) is 91.6 Å². The number of ether oxygens (including phenoxy) is 1. The molecule has 0 unspecified atom stereocenters. The van der Waals surface area contributed by atoms with Gasteiger partial charge in [-0.2, -0.15) is 0 Å². The molecule has 2 fully saturated rings. The molecule has 8 heteroatoms. The highest BCUT2D eigenvalue weighted by Gasteiger charge is 2.57. The summed E-state index contributed by atoms with van der Waals surface area (Å²) >= 11 is 0. The van der Waals surface area contributed by atoms with Gasteiger partial charge in [0, 0.05) is 18.1 Å². The summed E-state index contributed by atoms with van der Waals surface area (Å²) in [6.45, 7) is 6.19. The number of amides is 2. The van der Waals surface area contributed by atoms with Gasteiger partial charge in [0.15, 0.2) is 0 Å². The number of phenolic OH excluding ortho intramolecular Hbond substituents is 1. The van der Waals surface area contributed by atoms with Crippen molar-refractivity contribution in [1.29, 1.82) is 0 Å². The van der Waals surface area contributed by atoms with Crippen LogP contribution < -0.4 is 4.90 Å². The predicted molar refractivity (Wildman–Crippen MR) is 164 cm³/mol. The van der Waals surface area contributed by atoms with Crippen LogP contribution in [0.3, 0.4) is 0 Å². The Morgan fingerprint density at radius 3 is 2.42 bits per heavy atom. The minimum atomic E-state index is -0.539. The molecule has 4 atom stereocenters. The number of nitrogens with zero attached hydrogens (tertiary/aromatic N) is 2. The van der Waals surface area contributed by atoms with E-state index in [9.17, 15) is 24.8 Å². The number of fused-ring (bicyclic) bond motifs is 3. The van der Waals surface area contributed by atoms with E-state index in [0.29, 0.717) is 25.2 Å². The Labute approximate surface area is 250 Å². The molecule has 3 aromatic rings. The molecule has 0 aromatic heterocycles. The number of allylic oxidation sites excluding steroid dienone is 2. The Balaban J connectivity index is 1.25. The molecule has 1 N–H and O–H groups in total. The van der Waals surface area contributed by atoms with Crippen LogP contribution in [-0.4, -0.2) is 34.6 Å². The molecule has 2 amide bonds. The predicted octanol–water partition coefficient (Wildman–Crippen LogP) is 6.78. The number of aromatic hydroxyl groups is 1. The lowest BCUT2D eigenvalue weighted by Gasteiger charge is -2.30. The van der Waals surface area contributed by atoms with Crippen LogP contribution >= 0.6 is 0 Å². The van der Waals surface area contributed by atoms with Gasteiger partial charge < -0.3 is 9.84 Å². The molecule has 3 aromatic carbocycles.